The van der Waals surface area contributed by atoms with Crippen molar-refractivity contribution in [3.8, 4) is 11.7 Å². The Labute approximate surface area is 181 Å². The van der Waals surface area contributed by atoms with Gasteiger partial charge in [0.2, 0.25) is 5.95 Å². The number of aromatic amines is 1. The Balaban J connectivity index is 1.73. The van der Waals surface area contributed by atoms with Crippen LogP contribution in [0.1, 0.15) is 35.3 Å². The zero-order valence-electron chi connectivity index (χ0n) is 16.7. The Morgan fingerprint density at radius 2 is 2.03 bits per heavy atom. The van der Waals surface area contributed by atoms with E-state index in [1.54, 1.807) is 6.92 Å². The molecule has 10 nitrogen and oxygen atoms in total. The molecule has 0 spiro atoms. The van der Waals surface area contributed by atoms with E-state index in [1.807, 2.05) is 0 Å². The van der Waals surface area contributed by atoms with E-state index in [1.165, 1.54) is 23.1 Å². The first-order chi connectivity index (χ1) is 15.6. The van der Waals surface area contributed by atoms with Crippen LogP contribution in [0.15, 0.2) is 41.6 Å². The summed E-state index contributed by atoms with van der Waals surface area (Å²) in [5, 5.41) is 17.0. The molecule has 0 aliphatic heterocycles. The fourth-order valence-electron chi connectivity index (χ4n) is 3.33. The molecule has 0 amide bonds. The van der Waals surface area contributed by atoms with E-state index in [9.17, 15) is 27.2 Å². The Hall–Kier alpha value is -4.23. The van der Waals surface area contributed by atoms with Crippen LogP contribution < -0.4 is 10.3 Å². The average Bonchev–Trinajstić information content (AvgIpc) is 3.38. The molecule has 0 fully saturated rings. The second-order valence-electron chi connectivity index (χ2n) is 6.85. The molecule has 3 heterocycles. The van der Waals surface area contributed by atoms with Crippen molar-refractivity contribution < 1.29 is 32.2 Å². The number of rotatable bonds is 6. The summed E-state index contributed by atoms with van der Waals surface area (Å²) in [7, 11) is 0. The molecule has 1 atom stereocenters. The van der Waals surface area contributed by atoms with E-state index in [2.05, 4.69) is 24.9 Å². The van der Waals surface area contributed by atoms with Gasteiger partial charge in [-0.05, 0) is 24.1 Å². The Morgan fingerprint density at radius 1 is 1.27 bits per heavy atom. The van der Waals surface area contributed by atoms with E-state index in [4.69, 9.17) is 5.11 Å². The molecule has 0 saturated carbocycles. The number of hydrogen-bond donors (Lipinski definition) is 2. The summed E-state index contributed by atoms with van der Waals surface area (Å²) < 4.78 is 57.4. The highest BCUT2D eigenvalue weighted by Crippen LogP contribution is 2.30. The summed E-state index contributed by atoms with van der Waals surface area (Å²) in [6.07, 6.45) is -1.18. The Kier molecular flexibility index (Phi) is 5.35. The molecule has 0 radical (unpaired) electrons. The molecule has 0 aliphatic rings. The van der Waals surface area contributed by atoms with E-state index in [0.29, 0.717) is 6.42 Å². The maximum absolute atomic E-state index is 14.2. The standard InChI is InChI=1S/C19H14F4N6O4/c1-2-13(9-3-4-14(11(20)5-9)33-19(21,22)23)29-15-12(7-25-29)26-18(27-16(15)30)28-8-10(6-24-28)17(31)32/h3-8,13H,2H2,1H3,(H,31,32)(H,26,27,30)/t13-/m0/s1. The SMILES string of the molecule is CC[C@@H](c1ccc(OC(F)(F)F)c(F)c1)n1ncc2nc(-n3cc(C(=O)O)cn3)[nH]c(=O)c21. The number of carboxylic acid groups (broad SMARTS) is 1. The van der Waals surface area contributed by atoms with E-state index >= 15 is 0 Å². The topological polar surface area (TPSA) is 128 Å². The van der Waals surface area contributed by atoms with Gasteiger partial charge in [-0.25, -0.2) is 18.9 Å². The summed E-state index contributed by atoms with van der Waals surface area (Å²) in [5.74, 6) is -3.45. The van der Waals surface area contributed by atoms with Gasteiger partial charge in [0.1, 0.15) is 5.52 Å². The third-order valence-corrected chi connectivity index (χ3v) is 4.74. The number of aromatic nitrogens is 6. The molecule has 0 saturated heterocycles. The van der Waals surface area contributed by atoms with Crippen LogP contribution in [0, 0.1) is 5.82 Å². The lowest BCUT2D eigenvalue weighted by Gasteiger charge is -2.18. The predicted octanol–water partition coefficient (Wildman–Crippen LogP) is 3.04. The molecule has 172 valence electrons. The Bertz CT molecular complexity index is 1410. The normalized spacial score (nSPS) is 12.8. The molecular weight excluding hydrogens is 452 g/mol. The van der Waals surface area contributed by atoms with Crippen LogP contribution in [0.3, 0.4) is 0 Å². The number of aromatic carboxylic acids is 1. The summed E-state index contributed by atoms with van der Waals surface area (Å²) >= 11 is 0. The number of hydrogen-bond acceptors (Lipinski definition) is 6. The lowest BCUT2D eigenvalue weighted by molar-refractivity contribution is -0.275. The maximum Gasteiger partial charge on any atom is 0.573 e. The zero-order chi connectivity index (χ0) is 23.9. The minimum atomic E-state index is -5.04. The highest BCUT2D eigenvalue weighted by atomic mass is 19.4. The lowest BCUT2D eigenvalue weighted by Crippen LogP contribution is -2.20. The van der Waals surface area contributed by atoms with E-state index in [0.717, 1.165) is 23.0 Å². The van der Waals surface area contributed by atoms with Gasteiger partial charge in [0.25, 0.3) is 5.56 Å². The van der Waals surface area contributed by atoms with Crippen LogP contribution in [0.4, 0.5) is 17.6 Å². The summed E-state index contributed by atoms with van der Waals surface area (Å²) in [4.78, 5) is 30.5. The number of halogens is 4. The molecule has 2 N–H and O–H groups in total. The largest absolute Gasteiger partial charge is 0.573 e. The van der Waals surface area contributed by atoms with Gasteiger partial charge in [0, 0.05) is 6.20 Å². The van der Waals surface area contributed by atoms with Crippen LogP contribution in [-0.4, -0.2) is 47.0 Å². The van der Waals surface area contributed by atoms with Gasteiger partial charge in [-0.15, -0.1) is 13.2 Å². The molecule has 1 aromatic carbocycles. The Morgan fingerprint density at radius 3 is 2.64 bits per heavy atom. The first-order valence-electron chi connectivity index (χ1n) is 9.38. The molecule has 14 heteroatoms. The van der Waals surface area contributed by atoms with E-state index in [-0.39, 0.29) is 28.1 Å². The molecular formula is C19H14F4N6O4. The summed E-state index contributed by atoms with van der Waals surface area (Å²) in [5.41, 5.74) is -0.296. The average molecular weight is 466 g/mol. The van der Waals surface area contributed by atoms with Crippen molar-refractivity contribution >= 4 is 17.0 Å². The van der Waals surface area contributed by atoms with Gasteiger partial charge < -0.3 is 9.84 Å². The molecule has 4 rings (SSSR count). The van der Waals surface area contributed by atoms with Gasteiger partial charge in [0.15, 0.2) is 17.1 Å². The monoisotopic (exact) mass is 466 g/mol. The first-order valence-corrected chi connectivity index (χ1v) is 9.38. The number of carbonyl (C=O) groups is 1. The van der Waals surface area contributed by atoms with Crippen molar-refractivity contribution in [2.24, 2.45) is 0 Å². The van der Waals surface area contributed by atoms with Gasteiger partial charge in [-0.3, -0.25) is 14.5 Å². The first kappa shape index (κ1) is 22.0. The molecule has 33 heavy (non-hydrogen) atoms. The highest BCUT2D eigenvalue weighted by Gasteiger charge is 2.32. The second kappa shape index (κ2) is 8.03. The minimum Gasteiger partial charge on any atom is -0.478 e. The van der Waals surface area contributed by atoms with E-state index < -0.39 is 35.5 Å². The van der Waals surface area contributed by atoms with Gasteiger partial charge in [-0.1, -0.05) is 13.0 Å². The third kappa shape index (κ3) is 4.26. The number of fused-ring (bicyclic) bond motifs is 1. The number of H-pyrrole nitrogens is 1. The van der Waals surface area contributed by atoms with Crippen LogP contribution in [0.25, 0.3) is 17.0 Å². The van der Waals surface area contributed by atoms with Crippen LogP contribution in [-0.2, 0) is 0 Å². The van der Waals surface area contributed by atoms with Crippen LogP contribution >= 0.6 is 0 Å². The van der Waals surface area contributed by atoms with Crippen molar-refractivity contribution in [3.05, 3.63) is 64.1 Å². The minimum absolute atomic E-state index is 0.0345. The van der Waals surface area contributed by atoms with Crippen molar-refractivity contribution in [2.75, 3.05) is 0 Å². The molecule has 3 aromatic heterocycles. The number of ether oxygens (including phenoxy) is 1. The lowest BCUT2D eigenvalue weighted by atomic mass is 10.0. The predicted molar refractivity (Wildman–Crippen MR) is 104 cm³/mol. The number of nitrogens with zero attached hydrogens (tertiary/aromatic N) is 5. The number of benzene rings is 1. The molecule has 0 unspecified atom stereocenters. The highest BCUT2D eigenvalue weighted by molar-refractivity contribution is 5.87. The fourth-order valence-corrected chi connectivity index (χ4v) is 3.33. The van der Waals surface area contributed by atoms with Crippen molar-refractivity contribution in [1.29, 1.82) is 0 Å². The number of alkyl halides is 3. The summed E-state index contributed by atoms with van der Waals surface area (Å²) in [6.45, 7) is 1.73. The zero-order valence-corrected chi connectivity index (χ0v) is 16.7. The molecule has 0 bridgehead atoms. The molecule has 4 aromatic rings. The maximum atomic E-state index is 14.2. The molecule has 0 aliphatic carbocycles. The van der Waals surface area contributed by atoms with Crippen molar-refractivity contribution in [3.63, 3.8) is 0 Å². The van der Waals surface area contributed by atoms with Gasteiger partial charge >= 0.3 is 12.3 Å². The summed E-state index contributed by atoms with van der Waals surface area (Å²) in [6, 6.07) is 2.29. The second-order valence-corrected chi connectivity index (χ2v) is 6.85. The number of nitrogens with one attached hydrogen (secondary N) is 1. The van der Waals surface area contributed by atoms with Crippen LogP contribution in [0.2, 0.25) is 0 Å². The van der Waals surface area contributed by atoms with Gasteiger partial charge in [-0.2, -0.15) is 10.2 Å². The third-order valence-electron chi connectivity index (χ3n) is 4.74. The number of carboxylic acids is 1. The smallest absolute Gasteiger partial charge is 0.478 e. The van der Waals surface area contributed by atoms with Gasteiger partial charge in [0.05, 0.1) is 24.0 Å². The van der Waals surface area contributed by atoms with Crippen LogP contribution in [0.5, 0.6) is 5.75 Å². The van der Waals surface area contributed by atoms with Crippen molar-refractivity contribution in [2.45, 2.75) is 25.7 Å². The quantitative estimate of drug-likeness (QED) is 0.418. The van der Waals surface area contributed by atoms with Crippen molar-refractivity contribution in [1.82, 2.24) is 29.5 Å². The fraction of sp³-hybridized carbons (Fsp3) is 0.211.